The van der Waals surface area contributed by atoms with Crippen LogP contribution in [-0.2, 0) is 14.2 Å². The maximum atomic E-state index is 5.39. The van der Waals surface area contributed by atoms with E-state index in [0.29, 0.717) is 19.8 Å². The Kier molecular flexibility index (Phi) is 13.5. The van der Waals surface area contributed by atoms with E-state index in [1.165, 1.54) is 6.26 Å². The van der Waals surface area contributed by atoms with E-state index in [0.717, 1.165) is 32.5 Å². The van der Waals surface area contributed by atoms with Gasteiger partial charge in [-0.1, -0.05) is 25.7 Å². The first-order chi connectivity index (χ1) is 7.91. The van der Waals surface area contributed by atoms with Crippen molar-refractivity contribution in [3.63, 3.8) is 0 Å². The van der Waals surface area contributed by atoms with Crippen molar-refractivity contribution in [2.75, 3.05) is 33.0 Å². The molecule has 0 heterocycles. The van der Waals surface area contributed by atoms with Crippen molar-refractivity contribution >= 4 is 0 Å². The van der Waals surface area contributed by atoms with Crippen LogP contribution in [0.15, 0.2) is 25.0 Å². The van der Waals surface area contributed by atoms with Crippen molar-refractivity contribution in [2.24, 2.45) is 0 Å². The minimum Gasteiger partial charge on any atom is -0.502 e. The summed E-state index contributed by atoms with van der Waals surface area (Å²) < 4.78 is 15.7. The maximum absolute atomic E-state index is 5.39. The summed E-state index contributed by atoms with van der Waals surface area (Å²) in [5.41, 5.74) is 0. The van der Waals surface area contributed by atoms with E-state index >= 15 is 0 Å². The Morgan fingerprint density at radius 1 is 0.938 bits per heavy atom. The molecule has 0 saturated carbocycles. The van der Waals surface area contributed by atoms with E-state index in [9.17, 15) is 0 Å². The molecule has 0 atom stereocenters. The highest BCUT2D eigenvalue weighted by atomic mass is 16.5. The van der Waals surface area contributed by atoms with Gasteiger partial charge in [0.15, 0.2) is 0 Å². The lowest BCUT2D eigenvalue weighted by Crippen LogP contribution is -2.05. The molecule has 0 fully saturated rings. The lowest BCUT2D eigenvalue weighted by Gasteiger charge is -2.04. The Morgan fingerprint density at radius 2 is 1.69 bits per heavy atom. The van der Waals surface area contributed by atoms with Gasteiger partial charge in [-0.3, -0.25) is 0 Å². The van der Waals surface area contributed by atoms with Crippen LogP contribution in [0.3, 0.4) is 0 Å². The Bertz CT molecular complexity index is 167. The number of allylic oxidation sites excluding steroid dienone is 1. The third-order valence-corrected chi connectivity index (χ3v) is 1.91. The van der Waals surface area contributed by atoms with Crippen LogP contribution in [0.1, 0.15) is 26.2 Å². The molecule has 0 aromatic carbocycles. The van der Waals surface area contributed by atoms with E-state index in [1.807, 2.05) is 6.08 Å². The van der Waals surface area contributed by atoms with Gasteiger partial charge in [0.05, 0.1) is 32.7 Å². The fourth-order valence-electron chi connectivity index (χ4n) is 1.08. The Labute approximate surface area is 99.1 Å². The molecule has 0 aliphatic heterocycles. The third kappa shape index (κ3) is 13.2. The van der Waals surface area contributed by atoms with Crippen molar-refractivity contribution in [1.29, 1.82) is 0 Å². The molecule has 0 bridgehead atoms. The first-order valence-corrected chi connectivity index (χ1v) is 5.94. The molecule has 3 nitrogen and oxygen atoms in total. The molecular weight excluding hydrogens is 204 g/mol. The van der Waals surface area contributed by atoms with E-state index in [4.69, 9.17) is 14.2 Å². The van der Waals surface area contributed by atoms with Crippen LogP contribution in [0.4, 0.5) is 0 Å². The fourth-order valence-corrected chi connectivity index (χ4v) is 1.08. The van der Waals surface area contributed by atoms with Crippen LogP contribution in [0.25, 0.3) is 0 Å². The Hall–Kier alpha value is -0.800. The molecule has 16 heavy (non-hydrogen) atoms. The highest BCUT2D eigenvalue weighted by molar-refractivity contribution is 4.79. The normalized spacial score (nSPS) is 10.8. The molecule has 0 aromatic heterocycles. The van der Waals surface area contributed by atoms with Gasteiger partial charge < -0.3 is 14.2 Å². The SMILES string of the molecule is C=COCCCCOCCOC/C=C\CC. The molecule has 0 saturated heterocycles. The van der Waals surface area contributed by atoms with Gasteiger partial charge in [0.25, 0.3) is 0 Å². The van der Waals surface area contributed by atoms with E-state index in [-0.39, 0.29) is 0 Å². The Balaban J connectivity index is 2.93. The van der Waals surface area contributed by atoms with Gasteiger partial charge in [-0.15, -0.1) is 0 Å². The second-order valence-corrected chi connectivity index (χ2v) is 3.31. The third-order valence-electron chi connectivity index (χ3n) is 1.91. The highest BCUT2D eigenvalue weighted by Crippen LogP contribution is 1.91. The van der Waals surface area contributed by atoms with Gasteiger partial charge in [-0.05, 0) is 19.3 Å². The summed E-state index contributed by atoms with van der Waals surface area (Å²) in [5.74, 6) is 0. The molecule has 0 aliphatic rings. The molecular formula is C13H24O3. The summed E-state index contributed by atoms with van der Waals surface area (Å²) in [6, 6.07) is 0. The summed E-state index contributed by atoms with van der Waals surface area (Å²) in [6.45, 7) is 9.10. The van der Waals surface area contributed by atoms with Gasteiger partial charge in [-0.25, -0.2) is 0 Å². The first kappa shape index (κ1) is 15.2. The molecule has 3 heteroatoms. The molecule has 0 amide bonds. The Morgan fingerprint density at radius 3 is 2.44 bits per heavy atom. The number of hydrogen-bond donors (Lipinski definition) is 0. The topological polar surface area (TPSA) is 27.7 Å². The molecule has 0 aliphatic carbocycles. The molecule has 0 N–H and O–H groups in total. The van der Waals surface area contributed by atoms with Crippen molar-refractivity contribution < 1.29 is 14.2 Å². The molecule has 0 aromatic rings. The average molecular weight is 228 g/mol. The van der Waals surface area contributed by atoms with Gasteiger partial charge in [0.1, 0.15) is 0 Å². The van der Waals surface area contributed by atoms with Crippen LogP contribution in [0, 0.1) is 0 Å². The summed E-state index contributed by atoms with van der Waals surface area (Å²) in [5, 5.41) is 0. The quantitative estimate of drug-likeness (QED) is 0.292. The lowest BCUT2D eigenvalue weighted by molar-refractivity contribution is 0.0551. The molecule has 0 rings (SSSR count). The average Bonchev–Trinajstić information content (AvgIpc) is 2.31. The zero-order chi connectivity index (χ0) is 11.9. The minimum atomic E-state index is 0.664. The molecule has 0 unspecified atom stereocenters. The van der Waals surface area contributed by atoms with Crippen LogP contribution >= 0.6 is 0 Å². The zero-order valence-electron chi connectivity index (χ0n) is 10.3. The summed E-state index contributed by atoms with van der Waals surface area (Å²) in [7, 11) is 0. The predicted molar refractivity (Wildman–Crippen MR) is 66.5 cm³/mol. The largest absolute Gasteiger partial charge is 0.502 e. The maximum Gasteiger partial charge on any atom is 0.0873 e. The van der Waals surface area contributed by atoms with Gasteiger partial charge in [0, 0.05) is 6.61 Å². The minimum absolute atomic E-state index is 0.664. The van der Waals surface area contributed by atoms with E-state index < -0.39 is 0 Å². The number of rotatable bonds is 12. The van der Waals surface area contributed by atoms with Crippen LogP contribution < -0.4 is 0 Å². The predicted octanol–water partition coefficient (Wildman–Crippen LogP) is 2.93. The van der Waals surface area contributed by atoms with E-state index in [1.54, 1.807) is 0 Å². The van der Waals surface area contributed by atoms with Crippen LogP contribution in [0.2, 0.25) is 0 Å². The monoisotopic (exact) mass is 228 g/mol. The number of unbranched alkanes of at least 4 members (excludes halogenated alkanes) is 1. The fraction of sp³-hybridized carbons (Fsp3) is 0.692. The van der Waals surface area contributed by atoms with Gasteiger partial charge in [-0.2, -0.15) is 0 Å². The second-order valence-electron chi connectivity index (χ2n) is 3.31. The number of hydrogen-bond acceptors (Lipinski definition) is 3. The van der Waals surface area contributed by atoms with Crippen molar-refractivity contribution in [1.82, 2.24) is 0 Å². The van der Waals surface area contributed by atoms with Crippen molar-refractivity contribution in [3.8, 4) is 0 Å². The van der Waals surface area contributed by atoms with Gasteiger partial charge in [0.2, 0.25) is 0 Å². The summed E-state index contributed by atoms with van der Waals surface area (Å²) in [4.78, 5) is 0. The van der Waals surface area contributed by atoms with Crippen molar-refractivity contribution in [2.45, 2.75) is 26.2 Å². The summed E-state index contributed by atoms with van der Waals surface area (Å²) >= 11 is 0. The molecule has 0 radical (unpaired) electrons. The molecule has 0 spiro atoms. The lowest BCUT2D eigenvalue weighted by atomic mass is 10.3. The number of ether oxygens (including phenoxy) is 3. The van der Waals surface area contributed by atoms with E-state index in [2.05, 4.69) is 19.6 Å². The summed E-state index contributed by atoms with van der Waals surface area (Å²) in [6.07, 6.45) is 8.69. The van der Waals surface area contributed by atoms with Crippen LogP contribution in [0.5, 0.6) is 0 Å². The second kappa shape index (κ2) is 14.2. The van der Waals surface area contributed by atoms with Crippen molar-refractivity contribution in [3.05, 3.63) is 25.0 Å². The molecule has 94 valence electrons. The van der Waals surface area contributed by atoms with Gasteiger partial charge >= 0.3 is 0 Å². The smallest absolute Gasteiger partial charge is 0.0873 e. The first-order valence-electron chi connectivity index (χ1n) is 5.94. The van der Waals surface area contributed by atoms with Crippen LogP contribution in [-0.4, -0.2) is 33.0 Å². The highest BCUT2D eigenvalue weighted by Gasteiger charge is 1.90. The zero-order valence-corrected chi connectivity index (χ0v) is 10.3. The standard InChI is InChI=1S/C13H24O3/c1-3-5-6-10-15-12-13-16-11-8-7-9-14-4-2/h4-6H,2-3,7-13H2,1H3/b6-5-.